The maximum absolute atomic E-state index is 12.3. The highest BCUT2D eigenvalue weighted by Crippen LogP contribution is 2.25. The molecule has 4 aromatic rings. The first-order valence-corrected chi connectivity index (χ1v) is 8.25. The van der Waals surface area contributed by atoms with E-state index >= 15 is 0 Å². The average molecular weight is 378 g/mol. The van der Waals surface area contributed by atoms with Crippen molar-refractivity contribution in [2.45, 2.75) is 6.92 Å². The van der Waals surface area contributed by atoms with E-state index in [1.165, 1.54) is 19.3 Å². The molecule has 0 radical (unpaired) electrons. The number of amides is 2. The number of nitrogens with zero attached hydrogens (tertiary/aromatic N) is 2. The summed E-state index contributed by atoms with van der Waals surface area (Å²) in [5, 5.41) is 12.7. The number of carbonyl (C=O) groups is 2. The molecule has 0 aliphatic carbocycles. The molecular formula is C19H14N4O5. The van der Waals surface area contributed by atoms with Crippen LogP contribution in [0.5, 0.6) is 0 Å². The molecule has 2 N–H and O–H groups in total. The first-order valence-electron chi connectivity index (χ1n) is 8.25. The van der Waals surface area contributed by atoms with Crippen molar-refractivity contribution in [2.24, 2.45) is 0 Å². The SMILES string of the molecule is CC(=O)Nc1ccc(-c2ccc(C(=O)Nc3nnc(-c4ccco4)o3)o2)cc1. The Morgan fingerprint density at radius 1 is 0.893 bits per heavy atom. The van der Waals surface area contributed by atoms with E-state index in [4.69, 9.17) is 13.3 Å². The second-order valence-corrected chi connectivity index (χ2v) is 5.77. The van der Waals surface area contributed by atoms with Crippen molar-refractivity contribution >= 4 is 23.5 Å². The summed E-state index contributed by atoms with van der Waals surface area (Å²) in [5.74, 6) is 0.451. The van der Waals surface area contributed by atoms with Crippen molar-refractivity contribution in [1.82, 2.24) is 10.2 Å². The highest BCUT2D eigenvalue weighted by atomic mass is 16.4. The van der Waals surface area contributed by atoms with E-state index in [-0.39, 0.29) is 23.6 Å². The third kappa shape index (κ3) is 3.68. The predicted octanol–water partition coefficient (Wildman–Crippen LogP) is 3.80. The smallest absolute Gasteiger partial charge is 0.323 e. The molecule has 140 valence electrons. The Morgan fingerprint density at radius 2 is 1.71 bits per heavy atom. The first-order chi connectivity index (χ1) is 13.6. The van der Waals surface area contributed by atoms with Gasteiger partial charge in [0, 0.05) is 18.2 Å². The number of nitrogens with one attached hydrogen (secondary N) is 2. The maximum Gasteiger partial charge on any atom is 0.323 e. The van der Waals surface area contributed by atoms with Crippen molar-refractivity contribution < 1.29 is 22.8 Å². The van der Waals surface area contributed by atoms with Crippen molar-refractivity contribution in [2.75, 3.05) is 10.6 Å². The molecule has 0 saturated carbocycles. The highest BCUT2D eigenvalue weighted by Gasteiger charge is 2.17. The molecular weight excluding hydrogens is 364 g/mol. The molecule has 3 heterocycles. The van der Waals surface area contributed by atoms with Gasteiger partial charge in [0.15, 0.2) is 11.5 Å². The Bertz CT molecular complexity index is 1110. The zero-order chi connectivity index (χ0) is 19.5. The minimum absolute atomic E-state index is 0.0750. The number of benzene rings is 1. The zero-order valence-corrected chi connectivity index (χ0v) is 14.6. The molecule has 0 atom stereocenters. The summed E-state index contributed by atoms with van der Waals surface area (Å²) in [4.78, 5) is 23.4. The minimum Gasteiger partial charge on any atom is -0.459 e. The number of carbonyl (C=O) groups excluding carboxylic acids is 2. The molecule has 2 amide bonds. The molecule has 9 nitrogen and oxygen atoms in total. The number of hydrogen-bond acceptors (Lipinski definition) is 7. The number of anilines is 2. The van der Waals surface area contributed by atoms with Crippen LogP contribution in [-0.4, -0.2) is 22.0 Å². The fourth-order valence-corrected chi connectivity index (χ4v) is 2.47. The van der Waals surface area contributed by atoms with Gasteiger partial charge in [-0.15, -0.1) is 5.10 Å². The van der Waals surface area contributed by atoms with Crippen LogP contribution in [-0.2, 0) is 4.79 Å². The molecule has 0 saturated heterocycles. The summed E-state index contributed by atoms with van der Waals surface area (Å²) in [5.41, 5.74) is 1.43. The monoisotopic (exact) mass is 378 g/mol. The van der Waals surface area contributed by atoms with E-state index < -0.39 is 5.91 Å². The van der Waals surface area contributed by atoms with E-state index in [0.717, 1.165) is 5.56 Å². The number of rotatable bonds is 5. The second kappa shape index (κ2) is 7.23. The van der Waals surface area contributed by atoms with Crippen molar-refractivity contribution in [3.8, 4) is 23.0 Å². The van der Waals surface area contributed by atoms with Crippen LogP contribution in [0.25, 0.3) is 23.0 Å². The van der Waals surface area contributed by atoms with Crippen LogP contribution in [0.15, 0.2) is 68.0 Å². The second-order valence-electron chi connectivity index (χ2n) is 5.77. The molecule has 4 rings (SSSR count). The molecule has 0 fully saturated rings. The van der Waals surface area contributed by atoms with Gasteiger partial charge in [0.05, 0.1) is 6.26 Å². The number of furan rings is 2. The van der Waals surface area contributed by atoms with Gasteiger partial charge in [0.25, 0.3) is 11.8 Å². The highest BCUT2D eigenvalue weighted by molar-refractivity contribution is 6.01. The summed E-state index contributed by atoms with van der Waals surface area (Å²) in [7, 11) is 0. The Morgan fingerprint density at radius 3 is 2.43 bits per heavy atom. The van der Waals surface area contributed by atoms with Crippen LogP contribution in [0, 0.1) is 0 Å². The molecule has 0 unspecified atom stereocenters. The Hall–Kier alpha value is -4.14. The van der Waals surface area contributed by atoms with Crippen LogP contribution in [0.4, 0.5) is 11.7 Å². The van der Waals surface area contributed by atoms with Crippen LogP contribution >= 0.6 is 0 Å². The largest absolute Gasteiger partial charge is 0.459 e. The number of hydrogen-bond donors (Lipinski definition) is 2. The molecule has 0 spiro atoms. The molecule has 1 aromatic carbocycles. The van der Waals surface area contributed by atoms with Gasteiger partial charge in [-0.05, 0) is 48.5 Å². The lowest BCUT2D eigenvalue weighted by molar-refractivity contribution is -0.114. The average Bonchev–Trinajstić information content (AvgIpc) is 3.43. The number of aromatic nitrogens is 2. The van der Waals surface area contributed by atoms with E-state index in [0.29, 0.717) is 17.2 Å². The quantitative estimate of drug-likeness (QED) is 0.541. The first kappa shape index (κ1) is 17.3. The molecule has 9 heteroatoms. The lowest BCUT2D eigenvalue weighted by Gasteiger charge is -2.02. The van der Waals surface area contributed by atoms with Gasteiger partial charge >= 0.3 is 6.01 Å². The summed E-state index contributed by atoms with van der Waals surface area (Å²) in [6, 6.07) is 13.5. The summed E-state index contributed by atoms with van der Waals surface area (Å²) in [6.07, 6.45) is 1.48. The summed E-state index contributed by atoms with van der Waals surface area (Å²) >= 11 is 0. The fourth-order valence-electron chi connectivity index (χ4n) is 2.47. The van der Waals surface area contributed by atoms with Crippen LogP contribution in [0.2, 0.25) is 0 Å². The molecule has 28 heavy (non-hydrogen) atoms. The fraction of sp³-hybridized carbons (Fsp3) is 0.0526. The van der Waals surface area contributed by atoms with Gasteiger partial charge in [0.2, 0.25) is 5.91 Å². The van der Waals surface area contributed by atoms with Gasteiger partial charge in [-0.2, -0.15) is 0 Å². The third-order valence-corrected chi connectivity index (χ3v) is 3.70. The maximum atomic E-state index is 12.3. The van der Waals surface area contributed by atoms with Crippen molar-refractivity contribution in [1.29, 1.82) is 0 Å². The molecule has 0 aliphatic rings. The molecule has 3 aromatic heterocycles. The van der Waals surface area contributed by atoms with Crippen LogP contribution in [0.3, 0.4) is 0 Å². The predicted molar refractivity (Wildman–Crippen MR) is 98.4 cm³/mol. The topological polar surface area (TPSA) is 123 Å². The van der Waals surface area contributed by atoms with Crippen LogP contribution in [0.1, 0.15) is 17.5 Å². The van der Waals surface area contributed by atoms with Crippen molar-refractivity contribution in [3.05, 3.63) is 60.6 Å². The van der Waals surface area contributed by atoms with Crippen molar-refractivity contribution in [3.63, 3.8) is 0 Å². The van der Waals surface area contributed by atoms with Gasteiger partial charge in [-0.25, -0.2) is 0 Å². The van der Waals surface area contributed by atoms with E-state index in [9.17, 15) is 9.59 Å². The van der Waals surface area contributed by atoms with Gasteiger partial charge in [0.1, 0.15) is 5.76 Å². The Kier molecular flexibility index (Phi) is 4.47. The Labute approximate surface area is 158 Å². The summed E-state index contributed by atoms with van der Waals surface area (Å²) < 4.78 is 16.1. The molecule has 0 aliphatic heterocycles. The van der Waals surface area contributed by atoms with Crippen LogP contribution < -0.4 is 10.6 Å². The van der Waals surface area contributed by atoms with E-state index in [2.05, 4.69) is 20.8 Å². The lowest BCUT2D eigenvalue weighted by Crippen LogP contribution is -2.11. The van der Waals surface area contributed by atoms with E-state index in [1.54, 1.807) is 42.5 Å². The standard InChI is InChI=1S/C19H14N4O5/c1-11(24)20-13-6-4-12(5-7-13)14-8-9-15(27-14)17(25)21-19-23-22-18(28-19)16-3-2-10-26-16/h2-10H,1H3,(H,20,24)(H,21,23,25). The third-order valence-electron chi connectivity index (χ3n) is 3.70. The molecule has 0 bridgehead atoms. The lowest BCUT2D eigenvalue weighted by atomic mass is 10.1. The normalized spacial score (nSPS) is 10.6. The zero-order valence-electron chi connectivity index (χ0n) is 14.6. The Balaban J connectivity index is 1.45. The van der Waals surface area contributed by atoms with E-state index in [1.807, 2.05) is 0 Å². The summed E-state index contributed by atoms with van der Waals surface area (Å²) in [6.45, 7) is 1.44. The van der Waals surface area contributed by atoms with Gasteiger partial charge < -0.3 is 18.6 Å². The minimum atomic E-state index is -0.532. The van der Waals surface area contributed by atoms with Gasteiger partial charge in [-0.3, -0.25) is 14.9 Å². The van der Waals surface area contributed by atoms with Gasteiger partial charge in [-0.1, -0.05) is 5.10 Å².